The minimum Gasteiger partial charge on any atom is -0.375 e. The van der Waals surface area contributed by atoms with Crippen LogP contribution in [0.3, 0.4) is 0 Å². The number of aliphatic hydroxyl groups is 1. The van der Waals surface area contributed by atoms with Crippen LogP contribution in [0.2, 0.25) is 0 Å². The number of piperidine rings is 1. The molecule has 220 valence electrons. The fourth-order valence-electron chi connectivity index (χ4n) is 5.68. The third kappa shape index (κ3) is 5.75. The summed E-state index contributed by atoms with van der Waals surface area (Å²) in [5.41, 5.74) is -2.12. The number of carbonyl (C=O) groups is 1. The minimum atomic E-state index is -5.04. The summed E-state index contributed by atoms with van der Waals surface area (Å²) in [5.74, 6) is -0.448. The molecule has 1 aromatic heterocycles. The average Bonchev–Trinajstić information content (AvgIpc) is 3.35. The van der Waals surface area contributed by atoms with E-state index >= 15 is 0 Å². The molecule has 2 heterocycles. The Morgan fingerprint density at radius 1 is 1.02 bits per heavy atom. The molecule has 1 atom stereocenters. The van der Waals surface area contributed by atoms with Gasteiger partial charge in [0.2, 0.25) is 11.5 Å². The Labute approximate surface area is 240 Å². The molecule has 1 aliphatic rings. The SMILES string of the molecule is CN(C(=O)C1CCN(CC(O)(c2cn(Cc3ccccc3)c3cc([N+](=O)[O-])ccc23)C(F)(F)F)CC1)c1ccccc1. The number of halogens is 3. The highest BCUT2D eigenvalue weighted by Crippen LogP contribution is 2.44. The lowest BCUT2D eigenvalue weighted by Crippen LogP contribution is -2.53. The zero-order valence-electron chi connectivity index (χ0n) is 23.0. The fraction of sp³-hybridized carbons (Fsp3) is 0.323. The van der Waals surface area contributed by atoms with Gasteiger partial charge in [-0.15, -0.1) is 0 Å². The number of nitro groups is 1. The summed E-state index contributed by atoms with van der Waals surface area (Å²) >= 11 is 0. The standard InChI is InChI=1S/C31H31F3N4O4/c1-35(24-10-6-3-7-11-24)29(39)23-14-16-36(17-15-23)21-30(40,31(32,33)34)27-20-37(19-22-8-4-2-5-9-22)28-18-25(38(41)42)12-13-26(27)28/h2-13,18,20,23,40H,14-17,19,21H2,1H3. The third-order valence-corrected chi connectivity index (χ3v) is 8.05. The molecule has 1 saturated heterocycles. The highest BCUT2D eigenvalue weighted by molar-refractivity contribution is 5.94. The molecule has 0 saturated carbocycles. The number of alkyl halides is 3. The van der Waals surface area contributed by atoms with Gasteiger partial charge in [-0.2, -0.15) is 13.2 Å². The van der Waals surface area contributed by atoms with Crippen molar-refractivity contribution in [2.24, 2.45) is 5.92 Å². The van der Waals surface area contributed by atoms with E-state index in [-0.39, 0.29) is 53.6 Å². The first kappa shape index (κ1) is 29.3. The van der Waals surface area contributed by atoms with Gasteiger partial charge in [0.05, 0.1) is 10.4 Å². The van der Waals surface area contributed by atoms with Crippen LogP contribution in [0.5, 0.6) is 0 Å². The molecule has 42 heavy (non-hydrogen) atoms. The number of benzene rings is 3. The molecule has 8 nitrogen and oxygen atoms in total. The van der Waals surface area contributed by atoms with E-state index < -0.39 is 23.2 Å². The average molecular weight is 581 g/mol. The van der Waals surface area contributed by atoms with E-state index in [4.69, 9.17) is 0 Å². The maximum absolute atomic E-state index is 14.8. The highest BCUT2D eigenvalue weighted by atomic mass is 19.4. The van der Waals surface area contributed by atoms with Crippen molar-refractivity contribution in [3.05, 3.63) is 106 Å². The number of nitrogens with zero attached hydrogens (tertiary/aromatic N) is 4. The minimum absolute atomic E-state index is 0.0888. The monoisotopic (exact) mass is 580 g/mol. The second-order valence-corrected chi connectivity index (χ2v) is 10.8. The van der Waals surface area contributed by atoms with Crippen LogP contribution in [0.25, 0.3) is 10.9 Å². The van der Waals surface area contributed by atoms with Gasteiger partial charge in [0.15, 0.2) is 0 Å². The van der Waals surface area contributed by atoms with E-state index in [1.807, 2.05) is 36.4 Å². The molecule has 11 heteroatoms. The molecule has 1 aliphatic heterocycles. The molecule has 1 amide bonds. The van der Waals surface area contributed by atoms with E-state index in [0.29, 0.717) is 12.8 Å². The maximum Gasteiger partial charge on any atom is 0.422 e. The number of carbonyl (C=O) groups excluding carboxylic acids is 1. The first-order valence-corrected chi connectivity index (χ1v) is 13.6. The number of likely N-dealkylation sites (tertiary alicyclic amines) is 1. The van der Waals surface area contributed by atoms with Gasteiger partial charge in [0.25, 0.3) is 5.69 Å². The van der Waals surface area contributed by atoms with Crippen molar-refractivity contribution >= 4 is 28.2 Å². The Hall–Kier alpha value is -4.22. The number of rotatable bonds is 8. The smallest absolute Gasteiger partial charge is 0.375 e. The van der Waals surface area contributed by atoms with E-state index in [0.717, 1.165) is 17.3 Å². The molecule has 0 bridgehead atoms. The molecule has 1 unspecified atom stereocenters. The summed E-state index contributed by atoms with van der Waals surface area (Å²) in [6, 6.07) is 21.8. The van der Waals surface area contributed by atoms with Gasteiger partial charge in [0, 0.05) is 61.0 Å². The van der Waals surface area contributed by atoms with Gasteiger partial charge >= 0.3 is 6.18 Å². The summed E-state index contributed by atoms with van der Waals surface area (Å²) in [6.45, 7) is -0.167. The second kappa shape index (κ2) is 11.6. The van der Waals surface area contributed by atoms with Crippen molar-refractivity contribution in [1.29, 1.82) is 0 Å². The second-order valence-electron chi connectivity index (χ2n) is 10.8. The van der Waals surface area contributed by atoms with Crippen molar-refractivity contribution in [3.8, 4) is 0 Å². The van der Waals surface area contributed by atoms with E-state index in [1.54, 1.807) is 36.2 Å². The zero-order valence-corrected chi connectivity index (χ0v) is 23.0. The van der Waals surface area contributed by atoms with Gasteiger partial charge in [-0.3, -0.25) is 19.8 Å². The number of amides is 1. The van der Waals surface area contributed by atoms with E-state index in [2.05, 4.69) is 0 Å². The van der Waals surface area contributed by atoms with E-state index in [1.165, 1.54) is 27.8 Å². The van der Waals surface area contributed by atoms with Gasteiger partial charge in [-0.1, -0.05) is 48.5 Å². The van der Waals surface area contributed by atoms with Crippen LogP contribution in [-0.2, 0) is 16.9 Å². The highest BCUT2D eigenvalue weighted by Gasteiger charge is 2.57. The van der Waals surface area contributed by atoms with Crippen LogP contribution in [0.1, 0.15) is 24.0 Å². The predicted octanol–water partition coefficient (Wildman–Crippen LogP) is 5.72. The number of hydrogen-bond acceptors (Lipinski definition) is 5. The Morgan fingerprint density at radius 3 is 2.24 bits per heavy atom. The van der Waals surface area contributed by atoms with Crippen molar-refractivity contribution < 1.29 is 28.0 Å². The summed E-state index contributed by atoms with van der Waals surface area (Å²) in [4.78, 5) is 27.0. The Kier molecular flexibility index (Phi) is 8.07. The van der Waals surface area contributed by atoms with Gasteiger partial charge in [-0.05, 0) is 49.7 Å². The van der Waals surface area contributed by atoms with Crippen LogP contribution in [0.15, 0.2) is 85.1 Å². The number of nitro benzene ring substituents is 1. The van der Waals surface area contributed by atoms with Crippen LogP contribution in [0, 0.1) is 16.0 Å². The zero-order chi connectivity index (χ0) is 30.1. The molecule has 1 fully saturated rings. The number of para-hydroxylation sites is 1. The normalized spacial score (nSPS) is 16.3. The summed E-state index contributed by atoms with van der Waals surface area (Å²) < 4.78 is 45.8. The summed E-state index contributed by atoms with van der Waals surface area (Å²) in [5, 5.41) is 23.0. The number of non-ortho nitro benzene ring substituents is 1. The van der Waals surface area contributed by atoms with Crippen LogP contribution in [-0.4, -0.2) is 58.3 Å². The maximum atomic E-state index is 14.8. The third-order valence-electron chi connectivity index (χ3n) is 8.05. The molecule has 0 spiro atoms. The molecule has 1 N–H and O–H groups in total. The Balaban J connectivity index is 1.42. The molecule has 3 aromatic carbocycles. The lowest BCUT2D eigenvalue weighted by atomic mass is 9.89. The Bertz CT molecular complexity index is 1570. The number of fused-ring (bicyclic) bond motifs is 1. The lowest BCUT2D eigenvalue weighted by Gasteiger charge is -2.39. The summed E-state index contributed by atoms with van der Waals surface area (Å²) in [6.07, 6.45) is -3.08. The number of hydrogen-bond donors (Lipinski definition) is 1. The van der Waals surface area contributed by atoms with Crippen LogP contribution < -0.4 is 4.90 Å². The van der Waals surface area contributed by atoms with Crippen molar-refractivity contribution in [3.63, 3.8) is 0 Å². The quantitative estimate of drug-likeness (QED) is 0.213. The van der Waals surface area contributed by atoms with Crippen molar-refractivity contribution in [2.75, 3.05) is 31.6 Å². The summed E-state index contributed by atoms with van der Waals surface area (Å²) in [7, 11) is 1.68. The van der Waals surface area contributed by atoms with Crippen molar-refractivity contribution in [1.82, 2.24) is 9.47 Å². The molecular weight excluding hydrogens is 549 g/mol. The molecule has 4 aromatic rings. The van der Waals surface area contributed by atoms with Gasteiger partial charge in [0.1, 0.15) is 0 Å². The predicted molar refractivity (Wildman–Crippen MR) is 153 cm³/mol. The fourth-order valence-corrected chi connectivity index (χ4v) is 5.68. The largest absolute Gasteiger partial charge is 0.422 e. The first-order valence-electron chi connectivity index (χ1n) is 13.6. The molecular formula is C31H31F3N4O4. The lowest BCUT2D eigenvalue weighted by molar-refractivity contribution is -0.384. The number of aromatic nitrogens is 1. The van der Waals surface area contributed by atoms with Gasteiger partial charge in [-0.25, -0.2) is 0 Å². The number of β-amino-alcohol motifs (C(OH)–C–C–N with tert-alkyl or cyclic N) is 1. The topological polar surface area (TPSA) is 91.8 Å². The van der Waals surface area contributed by atoms with Crippen LogP contribution >= 0.6 is 0 Å². The molecule has 0 aliphatic carbocycles. The van der Waals surface area contributed by atoms with Gasteiger partial charge < -0.3 is 14.6 Å². The molecule has 0 radical (unpaired) electrons. The van der Waals surface area contributed by atoms with E-state index in [9.17, 15) is 33.2 Å². The number of anilines is 1. The first-order chi connectivity index (χ1) is 20.0. The molecule has 5 rings (SSSR count). The van der Waals surface area contributed by atoms with Crippen molar-refractivity contribution in [2.45, 2.75) is 31.2 Å². The Morgan fingerprint density at radius 2 is 1.64 bits per heavy atom. The van der Waals surface area contributed by atoms with Crippen LogP contribution in [0.4, 0.5) is 24.5 Å².